The van der Waals surface area contributed by atoms with Crippen LogP contribution in [0.15, 0.2) is 18.5 Å². The molecule has 1 atom stereocenters. The molecule has 0 N–H and O–H groups in total. The molecule has 0 amide bonds. The van der Waals surface area contributed by atoms with E-state index >= 15 is 0 Å². The predicted octanol–water partition coefficient (Wildman–Crippen LogP) is 1.76. The van der Waals surface area contributed by atoms with Gasteiger partial charge < -0.3 is 9.47 Å². The van der Waals surface area contributed by atoms with Crippen molar-refractivity contribution < 1.29 is 14.3 Å². The first-order valence-corrected chi connectivity index (χ1v) is 5.33. The van der Waals surface area contributed by atoms with Gasteiger partial charge in [-0.1, -0.05) is 0 Å². The summed E-state index contributed by atoms with van der Waals surface area (Å²) in [5.41, 5.74) is 0.883. The highest BCUT2D eigenvalue weighted by atomic mass is 16.5. The van der Waals surface area contributed by atoms with E-state index in [9.17, 15) is 4.79 Å². The van der Waals surface area contributed by atoms with Crippen LogP contribution in [0, 0.1) is 5.92 Å². The molecule has 0 aromatic carbocycles. The minimum Gasteiger partial charge on any atom is -0.495 e. The van der Waals surface area contributed by atoms with Crippen molar-refractivity contribution in [2.45, 2.75) is 18.8 Å². The minimum absolute atomic E-state index is 0.183. The number of hydrogen-bond acceptors (Lipinski definition) is 4. The van der Waals surface area contributed by atoms with Gasteiger partial charge in [-0.15, -0.1) is 0 Å². The van der Waals surface area contributed by atoms with E-state index in [0.717, 1.165) is 18.4 Å². The molecule has 1 aliphatic carbocycles. The summed E-state index contributed by atoms with van der Waals surface area (Å²) in [6, 6.07) is 1.85. The van der Waals surface area contributed by atoms with Crippen molar-refractivity contribution >= 4 is 5.97 Å². The smallest absolute Gasteiger partial charge is 0.313 e. The first-order valence-electron chi connectivity index (χ1n) is 5.33. The van der Waals surface area contributed by atoms with Gasteiger partial charge >= 0.3 is 5.97 Å². The summed E-state index contributed by atoms with van der Waals surface area (Å²) in [6.07, 6.45) is 5.50. The highest BCUT2D eigenvalue weighted by Gasteiger charge is 2.38. The van der Waals surface area contributed by atoms with E-state index in [1.54, 1.807) is 19.5 Å². The number of carbonyl (C=O) groups excluding carboxylic acids is 1. The second kappa shape index (κ2) is 4.51. The number of aromatic nitrogens is 1. The van der Waals surface area contributed by atoms with Crippen LogP contribution < -0.4 is 4.74 Å². The molecule has 1 aromatic rings. The van der Waals surface area contributed by atoms with Gasteiger partial charge in [0.2, 0.25) is 0 Å². The predicted molar refractivity (Wildman–Crippen MR) is 58.3 cm³/mol. The van der Waals surface area contributed by atoms with Crippen molar-refractivity contribution in [2.75, 3.05) is 14.2 Å². The first-order chi connectivity index (χ1) is 7.76. The summed E-state index contributed by atoms with van der Waals surface area (Å²) in [4.78, 5) is 15.8. The van der Waals surface area contributed by atoms with Crippen LogP contribution in [0.5, 0.6) is 5.75 Å². The third-order valence-corrected chi connectivity index (χ3v) is 2.88. The van der Waals surface area contributed by atoms with E-state index < -0.39 is 0 Å². The molecule has 1 unspecified atom stereocenters. The van der Waals surface area contributed by atoms with Crippen molar-refractivity contribution in [1.82, 2.24) is 4.98 Å². The zero-order valence-corrected chi connectivity index (χ0v) is 9.47. The van der Waals surface area contributed by atoms with Gasteiger partial charge in [-0.3, -0.25) is 9.78 Å². The van der Waals surface area contributed by atoms with E-state index in [0.29, 0.717) is 11.7 Å². The topological polar surface area (TPSA) is 48.4 Å². The third kappa shape index (κ3) is 2.15. The zero-order chi connectivity index (χ0) is 11.5. The maximum atomic E-state index is 11.7. The van der Waals surface area contributed by atoms with Crippen LogP contribution in [0.4, 0.5) is 0 Å². The summed E-state index contributed by atoms with van der Waals surface area (Å²) in [5, 5.41) is 0. The van der Waals surface area contributed by atoms with Crippen molar-refractivity contribution in [3.63, 3.8) is 0 Å². The van der Waals surface area contributed by atoms with Crippen molar-refractivity contribution in [3.05, 3.63) is 24.0 Å². The van der Waals surface area contributed by atoms with Crippen LogP contribution in [0.2, 0.25) is 0 Å². The molecule has 1 aliphatic rings. The molecule has 0 spiro atoms. The zero-order valence-electron chi connectivity index (χ0n) is 9.47. The fourth-order valence-electron chi connectivity index (χ4n) is 1.87. The van der Waals surface area contributed by atoms with Gasteiger partial charge in [0.25, 0.3) is 0 Å². The van der Waals surface area contributed by atoms with Gasteiger partial charge in [0.1, 0.15) is 5.75 Å². The standard InChI is InChI=1S/C12H15NO3/c1-15-10-5-9(6-13-7-10)11(8-3-4-8)12(14)16-2/h5-8,11H,3-4H2,1-2H3. The van der Waals surface area contributed by atoms with Crippen LogP contribution in [0.3, 0.4) is 0 Å². The van der Waals surface area contributed by atoms with Gasteiger partial charge in [0, 0.05) is 6.20 Å². The number of methoxy groups -OCH3 is 2. The Morgan fingerprint density at radius 3 is 2.75 bits per heavy atom. The Labute approximate surface area is 94.6 Å². The normalized spacial score (nSPS) is 16.6. The molecule has 1 fully saturated rings. The Morgan fingerprint density at radius 2 is 2.19 bits per heavy atom. The lowest BCUT2D eigenvalue weighted by Gasteiger charge is -2.14. The molecule has 86 valence electrons. The molecule has 4 heteroatoms. The van der Waals surface area contributed by atoms with Gasteiger partial charge in [-0.25, -0.2) is 0 Å². The summed E-state index contributed by atoms with van der Waals surface area (Å²) < 4.78 is 9.94. The number of ether oxygens (including phenoxy) is 2. The second-order valence-corrected chi connectivity index (χ2v) is 4.00. The molecule has 1 heterocycles. The molecule has 1 aromatic heterocycles. The van der Waals surface area contributed by atoms with Crippen molar-refractivity contribution in [1.29, 1.82) is 0 Å². The summed E-state index contributed by atoms with van der Waals surface area (Å²) in [6.45, 7) is 0. The lowest BCUT2D eigenvalue weighted by atomic mass is 9.96. The number of rotatable bonds is 4. The van der Waals surface area contributed by atoms with Crippen LogP contribution in [-0.4, -0.2) is 25.2 Å². The fourth-order valence-corrected chi connectivity index (χ4v) is 1.87. The van der Waals surface area contributed by atoms with E-state index in [-0.39, 0.29) is 11.9 Å². The Kier molecular flexibility index (Phi) is 3.08. The van der Waals surface area contributed by atoms with Crippen LogP contribution in [0.25, 0.3) is 0 Å². The maximum Gasteiger partial charge on any atom is 0.313 e. The van der Waals surface area contributed by atoms with Crippen molar-refractivity contribution in [3.8, 4) is 5.75 Å². The van der Waals surface area contributed by atoms with E-state index in [2.05, 4.69) is 4.98 Å². The number of hydrogen-bond donors (Lipinski definition) is 0. The summed E-state index contributed by atoms with van der Waals surface area (Å²) in [5.74, 6) is 0.707. The number of pyridine rings is 1. The molecule has 16 heavy (non-hydrogen) atoms. The molecule has 4 nitrogen and oxygen atoms in total. The molecule has 0 radical (unpaired) electrons. The lowest BCUT2D eigenvalue weighted by molar-refractivity contribution is -0.143. The summed E-state index contributed by atoms with van der Waals surface area (Å²) >= 11 is 0. The maximum absolute atomic E-state index is 11.7. The van der Waals surface area contributed by atoms with Crippen LogP contribution >= 0.6 is 0 Å². The average Bonchev–Trinajstić information content (AvgIpc) is 3.14. The van der Waals surface area contributed by atoms with E-state index in [1.807, 2.05) is 6.07 Å². The molecule has 2 rings (SSSR count). The average molecular weight is 221 g/mol. The lowest BCUT2D eigenvalue weighted by Crippen LogP contribution is -2.16. The Balaban J connectivity index is 2.27. The number of esters is 1. The third-order valence-electron chi connectivity index (χ3n) is 2.88. The second-order valence-electron chi connectivity index (χ2n) is 4.00. The number of carbonyl (C=O) groups is 1. The minimum atomic E-state index is -0.187. The molecule has 1 saturated carbocycles. The monoisotopic (exact) mass is 221 g/mol. The highest BCUT2D eigenvalue weighted by Crippen LogP contribution is 2.43. The number of nitrogens with zero attached hydrogens (tertiary/aromatic N) is 1. The fraction of sp³-hybridized carbons (Fsp3) is 0.500. The Hall–Kier alpha value is -1.58. The molecule has 0 bridgehead atoms. The SMILES string of the molecule is COC(=O)C(c1cncc(OC)c1)C1CC1. The van der Waals surface area contributed by atoms with Gasteiger partial charge in [-0.05, 0) is 30.4 Å². The highest BCUT2D eigenvalue weighted by molar-refractivity contribution is 5.79. The Bertz CT molecular complexity index is 388. The van der Waals surface area contributed by atoms with E-state index in [1.165, 1.54) is 7.11 Å². The molecular formula is C12H15NO3. The van der Waals surface area contributed by atoms with Gasteiger partial charge in [-0.2, -0.15) is 0 Å². The van der Waals surface area contributed by atoms with Gasteiger partial charge in [0.15, 0.2) is 0 Å². The van der Waals surface area contributed by atoms with Crippen molar-refractivity contribution in [2.24, 2.45) is 5.92 Å². The Morgan fingerprint density at radius 1 is 1.44 bits per heavy atom. The van der Waals surface area contributed by atoms with Gasteiger partial charge in [0.05, 0.1) is 26.3 Å². The molecular weight excluding hydrogens is 206 g/mol. The molecule has 0 aliphatic heterocycles. The van der Waals surface area contributed by atoms with E-state index in [4.69, 9.17) is 9.47 Å². The van der Waals surface area contributed by atoms with Crippen LogP contribution in [-0.2, 0) is 9.53 Å². The quantitative estimate of drug-likeness (QED) is 0.727. The summed E-state index contributed by atoms with van der Waals surface area (Å²) in [7, 11) is 3.01. The van der Waals surface area contributed by atoms with Crippen LogP contribution in [0.1, 0.15) is 24.3 Å². The largest absolute Gasteiger partial charge is 0.495 e. The molecule has 0 saturated heterocycles. The first kappa shape index (κ1) is 10.9.